The molecule has 0 aromatic heterocycles. The van der Waals surface area contributed by atoms with Crippen LogP contribution in [0, 0.1) is 15.5 Å². The molecule has 1 aromatic carbocycles. The summed E-state index contributed by atoms with van der Waals surface area (Å²) in [7, 11) is 0. The van der Waals surface area contributed by atoms with Crippen molar-refractivity contribution in [1.29, 1.82) is 0 Å². The van der Waals surface area contributed by atoms with Crippen molar-refractivity contribution in [2.75, 3.05) is 6.61 Å². The number of hydrogen-bond acceptors (Lipinski definition) is 6. The highest BCUT2D eigenvalue weighted by Gasteiger charge is 2.39. The summed E-state index contributed by atoms with van der Waals surface area (Å²) in [6, 6.07) is 5.19. The fourth-order valence-electron chi connectivity index (χ4n) is 1.35. The Morgan fingerprint density at radius 2 is 1.95 bits per heavy atom. The lowest BCUT2D eigenvalue weighted by Crippen LogP contribution is -2.38. The first-order valence-electron chi connectivity index (χ1n) is 6.43. The smallest absolute Gasteiger partial charge is 0.328 e. The van der Waals surface area contributed by atoms with E-state index in [4.69, 9.17) is 9.47 Å². The summed E-state index contributed by atoms with van der Waals surface area (Å²) in [5, 5.41) is 10.7. The van der Waals surface area contributed by atoms with Gasteiger partial charge in [-0.05, 0) is 26.3 Å². The number of non-ortho nitro benzene ring substituents is 1. The van der Waals surface area contributed by atoms with Crippen LogP contribution in [0.2, 0.25) is 0 Å². The van der Waals surface area contributed by atoms with Crippen LogP contribution in [0.5, 0.6) is 5.75 Å². The van der Waals surface area contributed by atoms with Crippen LogP contribution in [0.4, 0.5) is 5.69 Å². The van der Waals surface area contributed by atoms with Gasteiger partial charge in [0, 0.05) is 6.07 Å². The highest BCUT2D eigenvalue weighted by Crippen LogP contribution is 2.24. The number of esters is 2. The van der Waals surface area contributed by atoms with Gasteiger partial charge in [0.1, 0.15) is 5.75 Å². The number of nitro groups is 1. The minimum Gasteiger partial charge on any atom is -0.465 e. The molecule has 0 heterocycles. The van der Waals surface area contributed by atoms with Gasteiger partial charge in [0.25, 0.3) is 5.69 Å². The molecule has 0 radical (unpaired) electrons. The van der Waals surface area contributed by atoms with E-state index in [1.165, 1.54) is 32.0 Å². The maximum absolute atomic E-state index is 12.0. The lowest BCUT2D eigenvalue weighted by atomic mass is 9.94. The van der Waals surface area contributed by atoms with E-state index in [0.717, 1.165) is 6.07 Å². The summed E-state index contributed by atoms with van der Waals surface area (Å²) in [5.74, 6) is -1.52. The molecule has 1 rings (SSSR count). The van der Waals surface area contributed by atoms with Crippen molar-refractivity contribution in [3.05, 3.63) is 34.4 Å². The number of carbonyl (C=O) groups excluding carboxylic acids is 2. The van der Waals surface area contributed by atoms with Crippen molar-refractivity contribution in [2.45, 2.75) is 27.2 Å². The van der Waals surface area contributed by atoms with Crippen molar-refractivity contribution in [3.8, 4) is 5.75 Å². The Kier molecular flexibility index (Phi) is 5.40. The fraction of sp³-hybridized carbons (Fsp3) is 0.429. The molecule has 0 spiro atoms. The SMILES string of the molecule is CCCOC(=O)C(C)(C)C(=O)Oc1cccc([N+](=O)[O-])c1. The lowest BCUT2D eigenvalue weighted by Gasteiger charge is -2.20. The molecule has 0 unspecified atom stereocenters. The summed E-state index contributed by atoms with van der Waals surface area (Å²) in [5.41, 5.74) is -1.69. The Morgan fingerprint density at radius 3 is 2.52 bits per heavy atom. The van der Waals surface area contributed by atoms with E-state index < -0.39 is 22.3 Å². The minimum absolute atomic E-state index is 0.00515. The van der Waals surface area contributed by atoms with Crippen molar-refractivity contribution in [2.24, 2.45) is 5.41 Å². The van der Waals surface area contributed by atoms with E-state index in [-0.39, 0.29) is 18.0 Å². The molecule has 7 nitrogen and oxygen atoms in total. The van der Waals surface area contributed by atoms with Crippen LogP contribution in [-0.4, -0.2) is 23.5 Å². The van der Waals surface area contributed by atoms with Crippen molar-refractivity contribution < 1.29 is 24.0 Å². The summed E-state index contributed by atoms with van der Waals surface area (Å²) in [6.45, 7) is 4.81. The van der Waals surface area contributed by atoms with Crippen LogP contribution in [0.25, 0.3) is 0 Å². The summed E-state index contributed by atoms with van der Waals surface area (Å²) in [4.78, 5) is 33.9. The van der Waals surface area contributed by atoms with Crippen LogP contribution < -0.4 is 4.74 Å². The van der Waals surface area contributed by atoms with E-state index in [9.17, 15) is 19.7 Å². The quantitative estimate of drug-likeness (QED) is 0.263. The molecule has 7 heteroatoms. The molecule has 0 fully saturated rings. The number of ether oxygens (including phenoxy) is 2. The van der Waals surface area contributed by atoms with Crippen LogP contribution >= 0.6 is 0 Å². The first kappa shape index (κ1) is 16.6. The fourth-order valence-corrected chi connectivity index (χ4v) is 1.35. The van der Waals surface area contributed by atoms with Gasteiger partial charge in [0.2, 0.25) is 0 Å². The van der Waals surface area contributed by atoms with Gasteiger partial charge in [0.05, 0.1) is 17.6 Å². The van der Waals surface area contributed by atoms with E-state index >= 15 is 0 Å². The number of rotatable bonds is 6. The third kappa shape index (κ3) is 4.27. The Labute approximate surface area is 122 Å². The second kappa shape index (κ2) is 6.83. The summed E-state index contributed by atoms with van der Waals surface area (Å²) >= 11 is 0. The zero-order valence-electron chi connectivity index (χ0n) is 12.1. The standard InChI is InChI=1S/C14H17NO6/c1-4-8-20-12(16)14(2,3)13(17)21-11-7-5-6-10(9-11)15(18)19/h5-7,9H,4,8H2,1-3H3. The zero-order valence-corrected chi connectivity index (χ0v) is 12.1. The molecule has 0 aliphatic rings. The van der Waals surface area contributed by atoms with Gasteiger partial charge >= 0.3 is 11.9 Å². The van der Waals surface area contributed by atoms with Crippen LogP contribution in [-0.2, 0) is 14.3 Å². The summed E-state index contributed by atoms with van der Waals surface area (Å²) < 4.78 is 9.96. The molecule has 0 amide bonds. The molecular weight excluding hydrogens is 278 g/mol. The maximum Gasteiger partial charge on any atom is 0.328 e. The topological polar surface area (TPSA) is 95.7 Å². The normalized spacial score (nSPS) is 10.8. The Hall–Kier alpha value is -2.44. The van der Waals surface area contributed by atoms with E-state index in [0.29, 0.717) is 6.42 Å². The Bertz CT molecular complexity index is 552. The molecule has 0 N–H and O–H groups in total. The number of benzene rings is 1. The molecular formula is C14H17NO6. The lowest BCUT2D eigenvalue weighted by molar-refractivity contribution is -0.384. The molecule has 0 saturated carbocycles. The van der Waals surface area contributed by atoms with E-state index in [2.05, 4.69) is 0 Å². The molecule has 0 bridgehead atoms. The van der Waals surface area contributed by atoms with Crippen molar-refractivity contribution in [3.63, 3.8) is 0 Å². The highest BCUT2D eigenvalue weighted by atomic mass is 16.6. The van der Waals surface area contributed by atoms with E-state index in [1.54, 1.807) is 0 Å². The molecule has 0 saturated heterocycles. The molecule has 114 valence electrons. The maximum atomic E-state index is 12.0. The van der Waals surface area contributed by atoms with Crippen LogP contribution in [0.3, 0.4) is 0 Å². The first-order valence-corrected chi connectivity index (χ1v) is 6.43. The van der Waals surface area contributed by atoms with Gasteiger partial charge in [-0.15, -0.1) is 0 Å². The third-order valence-corrected chi connectivity index (χ3v) is 2.70. The molecule has 0 aliphatic carbocycles. The number of hydrogen-bond donors (Lipinski definition) is 0. The van der Waals surface area contributed by atoms with Gasteiger partial charge in [0.15, 0.2) is 5.41 Å². The second-order valence-electron chi connectivity index (χ2n) is 4.90. The number of nitrogens with zero attached hydrogens (tertiary/aromatic N) is 1. The van der Waals surface area contributed by atoms with Crippen LogP contribution in [0.1, 0.15) is 27.2 Å². The van der Waals surface area contributed by atoms with Gasteiger partial charge < -0.3 is 9.47 Å². The predicted octanol–water partition coefficient (Wildman–Crippen LogP) is 2.48. The average molecular weight is 295 g/mol. The monoisotopic (exact) mass is 295 g/mol. The molecule has 0 atom stereocenters. The van der Waals surface area contributed by atoms with E-state index in [1.807, 2.05) is 6.92 Å². The highest BCUT2D eigenvalue weighted by molar-refractivity contribution is 5.99. The van der Waals surface area contributed by atoms with Crippen molar-refractivity contribution in [1.82, 2.24) is 0 Å². The average Bonchev–Trinajstić information content (AvgIpc) is 2.44. The van der Waals surface area contributed by atoms with Crippen LogP contribution in [0.15, 0.2) is 24.3 Å². The number of carbonyl (C=O) groups is 2. The Morgan fingerprint density at radius 1 is 1.29 bits per heavy atom. The zero-order chi connectivity index (χ0) is 16.0. The largest absolute Gasteiger partial charge is 0.465 e. The first-order chi connectivity index (χ1) is 9.78. The predicted molar refractivity (Wildman–Crippen MR) is 73.8 cm³/mol. The molecule has 0 aliphatic heterocycles. The molecule has 21 heavy (non-hydrogen) atoms. The second-order valence-corrected chi connectivity index (χ2v) is 4.90. The molecule has 1 aromatic rings. The third-order valence-electron chi connectivity index (χ3n) is 2.70. The van der Waals surface area contributed by atoms with Crippen molar-refractivity contribution >= 4 is 17.6 Å². The number of nitro benzene ring substituents is 1. The summed E-state index contributed by atoms with van der Waals surface area (Å²) in [6.07, 6.45) is 0.641. The van der Waals surface area contributed by atoms with Gasteiger partial charge in [-0.2, -0.15) is 0 Å². The van der Waals surface area contributed by atoms with Gasteiger partial charge in [-0.1, -0.05) is 13.0 Å². The van der Waals surface area contributed by atoms with Gasteiger partial charge in [-0.3, -0.25) is 19.7 Å². The Balaban J connectivity index is 2.82. The van der Waals surface area contributed by atoms with Gasteiger partial charge in [-0.25, -0.2) is 0 Å². The minimum atomic E-state index is -1.49.